The maximum atomic E-state index is 5.77. The Labute approximate surface area is 97.0 Å². The predicted molar refractivity (Wildman–Crippen MR) is 65.2 cm³/mol. The number of nitrogens with one attached hydrogen (secondary N) is 1. The molecule has 2 heteroatoms. The molecule has 0 aliphatic carbocycles. The fourth-order valence-corrected chi connectivity index (χ4v) is 2.00. The van der Waals surface area contributed by atoms with Crippen LogP contribution in [0, 0.1) is 11.8 Å². The van der Waals surface area contributed by atoms with Crippen molar-refractivity contribution >= 4 is 0 Å². The lowest BCUT2D eigenvalue weighted by Gasteiger charge is -2.26. The van der Waals surface area contributed by atoms with Crippen molar-refractivity contribution in [2.24, 2.45) is 0 Å². The van der Waals surface area contributed by atoms with Crippen molar-refractivity contribution in [1.82, 2.24) is 5.32 Å². The van der Waals surface area contributed by atoms with E-state index in [9.17, 15) is 0 Å². The lowest BCUT2D eigenvalue weighted by Crippen LogP contribution is -2.27. The molecule has 1 atom stereocenters. The first kappa shape index (κ1) is 11.2. The smallest absolute Gasteiger partial charge is 0.0952 e. The van der Waals surface area contributed by atoms with Crippen LogP contribution in [0.15, 0.2) is 24.3 Å². The molecule has 1 aliphatic rings. The van der Waals surface area contributed by atoms with Gasteiger partial charge in [0.1, 0.15) is 0 Å². The van der Waals surface area contributed by atoms with Gasteiger partial charge in [-0.05, 0) is 24.5 Å². The summed E-state index contributed by atoms with van der Waals surface area (Å²) in [7, 11) is 0. The first-order valence-electron chi connectivity index (χ1n) is 5.71. The summed E-state index contributed by atoms with van der Waals surface area (Å²) >= 11 is 0. The van der Waals surface area contributed by atoms with E-state index in [4.69, 9.17) is 4.74 Å². The lowest BCUT2D eigenvalue weighted by molar-refractivity contribution is 0.0433. The molecule has 1 unspecified atom stereocenters. The zero-order chi connectivity index (χ0) is 11.2. The minimum Gasteiger partial charge on any atom is -0.372 e. The molecule has 0 aromatic heterocycles. The normalized spacial score (nSPS) is 18.4. The SMILES string of the molecule is CC#CCNCC1OCCc2ccccc21. The zero-order valence-electron chi connectivity index (χ0n) is 9.62. The van der Waals surface area contributed by atoms with Gasteiger partial charge in [-0.2, -0.15) is 0 Å². The zero-order valence-corrected chi connectivity index (χ0v) is 9.62. The Kier molecular flexibility index (Phi) is 3.98. The Morgan fingerprint density at radius 1 is 1.44 bits per heavy atom. The predicted octanol–water partition coefficient (Wildman–Crippen LogP) is 1.91. The Morgan fingerprint density at radius 2 is 2.31 bits per heavy atom. The van der Waals surface area contributed by atoms with Crippen LogP contribution < -0.4 is 5.32 Å². The van der Waals surface area contributed by atoms with Crippen molar-refractivity contribution in [3.8, 4) is 11.8 Å². The van der Waals surface area contributed by atoms with Crippen LogP contribution in [0.25, 0.3) is 0 Å². The number of rotatable bonds is 3. The third-order valence-electron chi connectivity index (χ3n) is 2.81. The lowest BCUT2D eigenvalue weighted by atomic mass is 9.97. The standard InChI is InChI=1S/C14H17NO/c1-2-3-9-15-11-14-13-7-5-4-6-12(13)8-10-16-14/h4-7,14-15H,8-11H2,1H3. The van der Waals surface area contributed by atoms with Gasteiger partial charge in [0.15, 0.2) is 0 Å². The maximum absolute atomic E-state index is 5.77. The fraction of sp³-hybridized carbons (Fsp3) is 0.429. The molecule has 0 bridgehead atoms. The Morgan fingerprint density at radius 3 is 3.19 bits per heavy atom. The van der Waals surface area contributed by atoms with Crippen molar-refractivity contribution in [3.63, 3.8) is 0 Å². The van der Waals surface area contributed by atoms with Gasteiger partial charge in [-0.3, -0.25) is 0 Å². The molecular formula is C14H17NO. The molecular weight excluding hydrogens is 198 g/mol. The number of hydrogen-bond acceptors (Lipinski definition) is 2. The minimum absolute atomic E-state index is 0.184. The molecule has 16 heavy (non-hydrogen) atoms. The van der Waals surface area contributed by atoms with Crippen molar-refractivity contribution in [2.45, 2.75) is 19.4 Å². The fourth-order valence-electron chi connectivity index (χ4n) is 2.00. The van der Waals surface area contributed by atoms with Crippen LogP contribution >= 0.6 is 0 Å². The molecule has 0 amide bonds. The third kappa shape index (κ3) is 2.63. The summed E-state index contributed by atoms with van der Waals surface area (Å²) in [6.07, 6.45) is 1.21. The van der Waals surface area contributed by atoms with E-state index < -0.39 is 0 Å². The van der Waals surface area contributed by atoms with E-state index in [1.807, 2.05) is 6.92 Å². The van der Waals surface area contributed by atoms with Crippen LogP contribution in [-0.2, 0) is 11.2 Å². The van der Waals surface area contributed by atoms with Crippen molar-refractivity contribution in [3.05, 3.63) is 35.4 Å². The van der Waals surface area contributed by atoms with Gasteiger partial charge < -0.3 is 10.1 Å². The molecule has 0 saturated heterocycles. The second-order valence-electron chi connectivity index (χ2n) is 3.87. The Balaban J connectivity index is 1.98. The van der Waals surface area contributed by atoms with Gasteiger partial charge in [-0.25, -0.2) is 0 Å². The Hall–Kier alpha value is -1.30. The van der Waals surface area contributed by atoms with Crippen molar-refractivity contribution in [2.75, 3.05) is 19.7 Å². The van der Waals surface area contributed by atoms with Crippen LogP contribution in [0.1, 0.15) is 24.2 Å². The first-order valence-corrected chi connectivity index (χ1v) is 5.71. The van der Waals surface area contributed by atoms with Gasteiger partial charge in [0, 0.05) is 6.54 Å². The van der Waals surface area contributed by atoms with Crippen LogP contribution in [0.5, 0.6) is 0 Å². The Bertz CT molecular complexity index is 403. The second-order valence-corrected chi connectivity index (χ2v) is 3.87. The molecule has 1 aromatic carbocycles. The van der Waals surface area contributed by atoms with E-state index in [0.717, 1.165) is 26.1 Å². The largest absolute Gasteiger partial charge is 0.372 e. The molecule has 1 aliphatic heterocycles. The van der Waals surface area contributed by atoms with E-state index >= 15 is 0 Å². The van der Waals surface area contributed by atoms with Crippen LogP contribution in [-0.4, -0.2) is 19.7 Å². The molecule has 2 nitrogen and oxygen atoms in total. The van der Waals surface area contributed by atoms with E-state index in [2.05, 4.69) is 41.4 Å². The molecule has 0 fully saturated rings. The monoisotopic (exact) mass is 215 g/mol. The molecule has 0 saturated carbocycles. The number of benzene rings is 1. The van der Waals surface area contributed by atoms with Gasteiger partial charge in [-0.15, -0.1) is 5.92 Å². The first-order chi connectivity index (χ1) is 7.92. The number of hydrogen-bond donors (Lipinski definition) is 1. The molecule has 1 aromatic rings. The third-order valence-corrected chi connectivity index (χ3v) is 2.81. The van der Waals surface area contributed by atoms with E-state index in [-0.39, 0.29) is 6.10 Å². The molecule has 2 rings (SSSR count). The molecule has 0 radical (unpaired) electrons. The van der Waals surface area contributed by atoms with Crippen molar-refractivity contribution < 1.29 is 4.74 Å². The van der Waals surface area contributed by atoms with Crippen LogP contribution in [0.3, 0.4) is 0 Å². The summed E-state index contributed by atoms with van der Waals surface area (Å²) in [5.74, 6) is 5.87. The highest BCUT2D eigenvalue weighted by Crippen LogP contribution is 2.25. The topological polar surface area (TPSA) is 21.3 Å². The summed E-state index contributed by atoms with van der Waals surface area (Å²) in [6.45, 7) is 4.25. The summed E-state index contributed by atoms with van der Waals surface area (Å²) < 4.78 is 5.77. The highest BCUT2D eigenvalue weighted by molar-refractivity contribution is 5.31. The highest BCUT2D eigenvalue weighted by Gasteiger charge is 2.19. The average molecular weight is 215 g/mol. The summed E-state index contributed by atoms with van der Waals surface area (Å²) in [4.78, 5) is 0. The average Bonchev–Trinajstić information content (AvgIpc) is 2.35. The van der Waals surface area contributed by atoms with Gasteiger partial charge >= 0.3 is 0 Å². The van der Waals surface area contributed by atoms with E-state index in [1.54, 1.807) is 0 Å². The minimum atomic E-state index is 0.184. The maximum Gasteiger partial charge on any atom is 0.0952 e. The molecule has 84 valence electrons. The number of fused-ring (bicyclic) bond motifs is 1. The quantitative estimate of drug-likeness (QED) is 0.614. The van der Waals surface area contributed by atoms with Gasteiger partial charge in [0.2, 0.25) is 0 Å². The summed E-state index contributed by atoms with van der Waals surface area (Å²) in [5, 5.41) is 3.30. The summed E-state index contributed by atoms with van der Waals surface area (Å²) in [5.41, 5.74) is 2.74. The molecule has 1 N–H and O–H groups in total. The van der Waals surface area contributed by atoms with Gasteiger partial charge in [0.25, 0.3) is 0 Å². The molecule has 1 heterocycles. The van der Waals surface area contributed by atoms with E-state index in [0.29, 0.717) is 0 Å². The summed E-state index contributed by atoms with van der Waals surface area (Å²) in [6, 6.07) is 8.52. The molecule has 0 spiro atoms. The highest BCUT2D eigenvalue weighted by atomic mass is 16.5. The van der Waals surface area contributed by atoms with Crippen LogP contribution in [0.4, 0.5) is 0 Å². The van der Waals surface area contributed by atoms with Crippen LogP contribution in [0.2, 0.25) is 0 Å². The van der Waals surface area contributed by atoms with Crippen molar-refractivity contribution in [1.29, 1.82) is 0 Å². The van der Waals surface area contributed by atoms with Gasteiger partial charge in [-0.1, -0.05) is 30.2 Å². The van der Waals surface area contributed by atoms with E-state index in [1.165, 1.54) is 11.1 Å². The van der Waals surface area contributed by atoms with Gasteiger partial charge in [0.05, 0.1) is 19.3 Å². The number of ether oxygens (including phenoxy) is 1. The second kappa shape index (κ2) is 5.69.